The fourth-order valence-electron chi connectivity index (χ4n) is 2.72. The second-order valence-corrected chi connectivity index (χ2v) is 5.80. The lowest BCUT2D eigenvalue weighted by Crippen LogP contribution is -2.33. The van der Waals surface area contributed by atoms with E-state index in [9.17, 15) is 0 Å². The molecule has 1 fully saturated rings. The molecule has 0 unspecified atom stereocenters. The highest BCUT2D eigenvalue weighted by atomic mass is 35.5. The van der Waals surface area contributed by atoms with Gasteiger partial charge in [0.25, 0.3) is 0 Å². The van der Waals surface area contributed by atoms with Crippen LogP contribution in [0.4, 0.5) is 5.69 Å². The lowest BCUT2D eigenvalue weighted by atomic mass is 9.91. The Balaban J connectivity index is 1.83. The molecule has 0 amide bonds. The minimum atomic E-state index is 0.359. The normalized spacial score (nSPS) is 22.7. The molecule has 106 valence electrons. The zero-order valence-electron chi connectivity index (χ0n) is 11.3. The highest BCUT2D eigenvalue weighted by Gasteiger charge is 2.19. The molecular formula is C15H19ClN4. The van der Waals surface area contributed by atoms with Gasteiger partial charge in [-0.25, -0.2) is 4.68 Å². The summed E-state index contributed by atoms with van der Waals surface area (Å²) in [7, 11) is 0. The average Bonchev–Trinajstić information content (AvgIpc) is 2.95. The predicted molar refractivity (Wildman–Crippen MR) is 82.4 cm³/mol. The molecular weight excluding hydrogens is 272 g/mol. The first-order valence-electron chi connectivity index (χ1n) is 7.04. The van der Waals surface area contributed by atoms with E-state index in [4.69, 9.17) is 17.3 Å². The largest absolute Gasteiger partial charge is 0.381 e. The molecule has 20 heavy (non-hydrogen) atoms. The lowest BCUT2D eigenvalue weighted by molar-refractivity contribution is 0.411. The summed E-state index contributed by atoms with van der Waals surface area (Å²) in [5.41, 5.74) is 8.01. The third kappa shape index (κ3) is 2.97. The molecule has 1 aliphatic carbocycles. The summed E-state index contributed by atoms with van der Waals surface area (Å²) in [6.45, 7) is 0. The Labute approximate surface area is 123 Å². The van der Waals surface area contributed by atoms with Crippen molar-refractivity contribution in [3.8, 4) is 5.69 Å². The number of benzene rings is 1. The summed E-state index contributed by atoms with van der Waals surface area (Å²) >= 11 is 6.13. The summed E-state index contributed by atoms with van der Waals surface area (Å²) in [5, 5.41) is 8.63. The van der Waals surface area contributed by atoms with Gasteiger partial charge in [0, 0.05) is 29.5 Å². The van der Waals surface area contributed by atoms with E-state index in [0.29, 0.717) is 12.1 Å². The number of anilines is 1. The minimum absolute atomic E-state index is 0.359. The maximum atomic E-state index is 6.13. The number of hydrogen-bond donors (Lipinski definition) is 2. The van der Waals surface area contributed by atoms with Gasteiger partial charge in [-0.1, -0.05) is 11.6 Å². The summed E-state index contributed by atoms with van der Waals surface area (Å²) in [4.78, 5) is 0. The van der Waals surface area contributed by atoms with Crippen molar-refractivity contribution in [2.45, 2.75) is 37.8 Å². The molecule has 3 rings (SSSR count). The van der Waals surface area contributed by atoms with Crippen LogP contribution in [0.1, 0.15) is 25.7 Å². The van der Waals surface area contributed by atoms with Crippen LogP contribution in [-0.4, -0.2) is 21.9 Å². The van der Waals surface area contributed by atoms with Crippen molar-refractivity contribution >= 4 is 17.3 Å². The van der Waals surface area contributed by atoms with E-state index in [1.807, 2.05) is 35.1 Å². The van der Waals surface area contributed by atoms with E-state index in [2.05, 4.69) is 10.4 Å². The van der Waals surface area contributed by atoms with Crippen LogP contribution in [0, 0.1) is 0 Å². The molecule has 0 saturated heterocycles. The van der Waals surface area contributed by atoms with Crippen LogP contribution in [0.25, 0.3) is 5.69 Å². The zero-order valence-corrected chi connectivity index (χ0v) is 12.1. The molecule has 0 atom stereocenters. The Morgan fingerprint density at radius 3 is 2.75 bits per heavy atom. The van der Waals surface area contributed by atoms with Crippen LogP contribution < -0.4 is 11.1 Å². The Kier molecular flexibility index (Phi) is 3.94. The highest BCUT2D eigenvalue weighted by molar-refractivity contribution is 6.31. The smallest absolute Gasteiger partial charge is 0.0877 e. The first-order chi connectivity index (χ1) is 9.72. The maximum Gasteiger partial charge on any atom is 0.0877 e. The zero-order chi connectivity index (χ0) is 13.9. The summed E-state index contributed by atoms with van der Waals surface area (Å²) < 4.78 is 1.85. The average molecular weight is 291 g/mol. The number of nitrogens with two attached hydrogens (primary N) is 1. The van der Waals surface area contributed by atoms with E-state index >= 15 is 0 Å². The molecule has 1 saturated carbocycles. The molecule has 0 aliphatic heterocycles. The molecule has 1 aromatic heterocycles. The number of nitrogens with one attached hydrogen (secondary N) is 1. The van der Waals surface area contributed by atoms with E-state index in [1.54, 1.807) is 6.20 Å². The van der Waals surface area contributed by atoms with Crippen molar-refractivity contribution in [1.29, 1.82) is 0 Å². The summed E-state index contributed by atoms with van der Waals surface area (Å²) in [6, 6.07) is 8.58. The quantitative estimate of drug-likeness (QED) is 0.913. The van der Waals surface area contributed by atoms with E-state index in [0.717, 1.165) is 42.1 Å². The fraction of sp³-hybridized carbons (Fsp3) is 0.400. The van der Waals surface area contributed by atoms with Gasteiger partial charge in [-0.2, -0.15) is 5.10 Å². The highest BCUT2D eigenvalue weighted by Crippen LogP contribution is 2.28. The predicted octanol–water partition coefficient (Wildman–Crippen LogP) is 3.21. The number of rotatable bonds is 3. The maximum absolute atomic E-state index is 6.13. The number of halogens is 1. The van der Waals surface area contributed by atoms with Crippen molar-refractivity contribution in [2.75, 3.05) is 5.32 Å². The number of hydrogen-bond acceptors (Lipinski definition) is 3. The van der Waals surface area contributed by atoms with Crippen molar-refractivity contribution in [3.63, 3.8) is 0 Å². The monoisotopic (exact) mass is 290 g/mol. The van der Waals surface area contributed by atoms with Crippen LogP contribution in [0.15, 0.2) is 36.7 Å². The third-order valence-electron chi connectivity index (χ3n) is 3.84. The Morgan fingerprint density at radius 1 is 1.25 bits per heavy atom. The Hall–Kier alpha value is -1.52. The van der Waals surface area contributed by atoms with Gasteiger partial charge in [-0.3, -0.25) is 0 Å². The second kappa shape index (κ2) is 5.85. The van der Waals surface area contributed by atoms with E-state index in [-0.39, 0.29) is 0 Å². The molecule has 1 aromatic carbocycles. The fourth-order valence-corrected chi connectivity index (χ4v) is 2.89. The van der Waals surface area contributed by atoms with E-state index < -0.39 is 0 Å². The van der Waals surface area contributed by atoms with Gasteiger partial charge in [0.05, 0.1) is 11.4 Å². The van der Waals surface area contributed by atoms with E-state index in [1.165, 1.54) is 0 Å². The SMILES string of the molecule is NC1CCC(Nc2cc(Cl)ccc2-n2cccn2)CC1. The summed E-state index contributed by atoms with van der Waals surface area (Å²) in [5.74, 6) is 0. The number of nitrogens with zero attached hydrogens (tertiary/aromatic N) is 2. The van der Waals surface area contributed by atoms with Crippen LogP contribution in [-0.2, 0) is 0 Å². The van der Waals surface area contributed by atoms with Gasteiger partial charge in [0.1, 0.15) is 0 Å². The molecule has 0 radical (unpaired) electrons. The van der Waals surface area contributed by atoms with Gasteiger partial charge in [0.15, 0.2) is 0 Å². The van der Waals surface area contributed by atoms with Crippen molar-refractivity contribution in [2.24, 2.45) is 5.73 Å². The molecule has 0 bridgehead atoms. The van der Waals surface area contributed by atoms with Gasteiger partial charge < -0.3 is 11.1 Å². The van der Waals surface area contributed by atoms with Gasteiger partial charge in [-0.05, 0) is 49.9 Å². The summed E-state index contributed by atoms with van der Waals surface area (Å²) in [6.07, 6.45) is 8.08. The Bertz CT molecular complexity index is 559. The van der Waals surface area contributed by atoms with Gasteiger partial charge >= 0.3 is 0 Å². The van der Waals surface area contributed by atoms with Crippen molar-refractivity contribution in [3.05, 3.63) is 41.7 Å². The molecule has 1 heterocycles. The van der Waals surface area contributed by atoms with Crippen LogP contribution in [0.3, 0.4) is 0 Å². The van der Waals surface area contributed by atoms with Crippen LogP contribution in [0.5, 0.6) is 0 Å². The lowest BCUT2D eigenvalue weighted by Gasteiger charge is -2.28. The molecule has 4 nitrogen and oxygen atoms in total. The first kappa shape index (κ1) is 13.5. The van der Waals surface area contributed by atoms with Gasteiger partial charge in [-0.15, -0.1) is 0 Å². The number of aromatic nitrogens is 2. The molecule has 1 aliphatic rings. The van der Waals surface area contributed by atoms with Gasteiger partial charge in [0.2, 0.25) is 0 Å². The topological polar surface area (TPSA) is 55.9 Å². The molecule has 3 N–H and O–H groups in total. The Morgan fingerprint density at radius 2 is 2.05 bits per heavy atom. The molecule has 5 heteroatoms. The van der Waals surface area contributed by atoms with Crippen LogP contribution >= 0.6 is 11.6 Å². The van der Waals surface area contributed by atoms with Crippen LogP contribution in [0.2, 0.25) is 5.02 Å². The second-order valence-electron chi connectivity index (χ2n) is 5.37. The molecule has 0 spiro atoms. The van der Waals surface area contributed by atoms with Crippen molar-refractivity contribution < 1.29 is 0 Å². The molecule has 2 aromatic rings. The first-order valence-corrected chi connectivity index (χ1v) is 7.42. The third-order valence-corrected chi connectivity index (χ3v) is 4.08. The standard InChI is InChI=1S/C15H19ClN4/c16-11-2-7-15(20-9-1-8-18-20)14(10-11)19-13-5-3-12(17)4-6-13/h1-2,7-10,12-13,19H,3-6,17H2. The van der Waals surface area contributed by atoms with Crippen molar-refractivity contribution in [1.82, 2.24) is 9.78 Å². The minimum Gasteiger partial charge on any atom is -0.381 e.